The highest BCUT2D eigenvalue weighted by atomic mass is 35.5. The Morgan fingerprint density at radius 2 is 2.00 bits per heavy atom. The Kier molecular flexibility index (Phi) is 6.49. The molecule has 0 bridgehead atoms. The first-order valence-corrected chi connectivity index (χ1v) is 10.2. The topological polar surface area (TPSA) is 47.3 Å². The summed E-state index contributed by atoms with van der Waals surface area (Å²) in [5.41, 5.74) is 2.30. The van der Waals surface area contributed by atoms with Crippen molar-refractivity contribution in [3.05, 3.63) is 63.6 Å². The van der Waals surface area contributed by atoms with Crippen molar-refractivity contribution < 1.29 is 4.79 Å². The van der Waals surface area contributed by atoms with Crippen molar-refractivity contribution in [2.75, 3.05) is 11.4 Å². The van der Waals surface area contributed by atoms with Gasteiger partial charge in [0.2, 0.25) is 5.91 Å². The minimum absolute atomic E-state index is 0.0155. The van der Waals surface area contributed by atoms with E-state index in [1.165, 1.54) is 0 Å². The van der Waals surface area contributed by atoms with E-state index in [4.69, 9.17) is 23.2 Å². The van der Waals surface area contributed by atoms with Gasteiger partial charge in [0.15, 0.2) is 0 Å². The third-order valence-electron chi connectivity index (χ3n) is 5.40. The Labute approximate surface area is 176 Å². The standard InChI is InChI=1S/C22H23Cl2N3O/c1-3-15(2)26-14-19(11-22(26)28)27(13-17-6-4-5-7-20(17)23)18-9-8-16(12-25)21(24)10-18/h4-10,15,19H,3,11,13-14H2,1-2H3/t15?,19-/m0/s1. The van der Waals surface area contributed by atoms with Gasteiger partial charge in [-0.25, -0.2) is 0 Å². The Balaban J connectivity index is 1.96. The number of carbonyl (C=O) groups excluding carboxylic acids is 1. The molecule has 0 radical (unpaired) electrons. The van der Waals surface area contributed by atoms with Crippen LogP contribution in [-0.4, -0.2) is 29.4 Å². The molecule has 2 atom stereocenters. The fraction of sp³-hybridized carbons (Fsp3) is 0.364. The first kappa shape index (κ1) is 20.5. The summed E-state index contributed by atoms with van der Waals surface area (Å²) < 4.78 is 0. The molecule has 0 aliphatic carbocycles. The van der Waals surface area contributed by atoms with Crippen molar-refractivity contribution in [1.29, 1.82) is 5.26 Å². The quantitative estimate of drug-likeness (QED) is 0.645. The first-order chi connectivity index (χ1) is 13.4. The van der Waals surface area contributed by atoms with E-state index in [0.717, 1.165) is 17.7 Å². The molecule has 1 aliphatic heterocycles. The van der Waals surface area contributed by atoms with Gasteiger partial charge in [-0.3, -0.25) is 4.79 Å². The van der Waals surface area contributed by atoms with Crippen LogP contribution in [0.4, 0.5) is 5.69 Å². The summed E-state index contributed by atoms with van der Waals surface area (Å²) in [6.07, 6.45) is 1.37. The van der Waals surface area contributed by atoms with Crippen molar-refractivity contribution >= 4 is 34.8 Å². The first-order valence-electron chi connectivity index (χ1n) is 9.43. The van der Waals surface area contributed by atoms with Gasteiger partial charge in [-0.15, -0.1) is 0 Å². The fourth-order valence-electron chi connectivity index (χ4n) is 3.58. The van der Waals surface area contributed by atoms with Crippen molar-refractivity contribution in [3.63, 3.8) is 0 Å². The zero-order valence-corrected chi connectivity index (χ0v) is 17.5. The number of rotatable bonds is 6. The lowest BCUT2D eigenvalue weighted by atomic mass is 10.1. The maximum absolute atomic E-state index is 12.6. The van der Waals surface area contributed by atoms with Crippen molar-refractivity contribution in [2.45, 2.75) is 45.3 Å². The average molecular weight is 416 g/mol. The van der Waals surface area contributed by atoms with Crippen LogP contribution in [0.3, 0.4) is 0 Å². The Bertz CT molecular complexity index is 909. The van der Waals surface area contributed by atoms with Crippen molar-refractivity contribution in [3.8, 4) is 6.07 Å². The number of likely N-dealkylation sites (tertiary alicyclic amines) is 1. The smallest absolute Gasteiger partial charge is 0.225 e. The van der Waals surface area contributed by atoms with E-state index in [1.807, 2.05) is 35.2 Å². The van der Waals surface area contributed by atoms with Crippen molar-refractivity contribution in [2.24, 2.45) is 0 Å². The molecule has 1 heterocycles. The molecule has 1 aliphatic rings. The predicted molar refractivity (Wildman–Crippen MR) is 114 cm³/mol. The van der Waals surface area contributed by atoms with Crippen molar-refractivity contribution in [1.82, 2.24) is 4.90 Å². The summed E-state index contributed by atoms with van der Waals surface area (Å²) >= 11 is 12.7. The summed E-state index contributed by atoms with van der Waals surface area (Å²) in [5, 5.41) is 10.3. The molecule has 28 heavy (non-hydrogen) atoms. The molecule has 6 heteroatoms. The molecule has 0 saturated carbocycles. The van der Waals surface area contributed by atoms with Gasteiger partial charge < -0.3 is 9.80 Å². The van der Waals surface area contributed by atoms with E-state index in [2.05, 4.69) is 24.8 Å². The van der Waals surface area contributed by atoms with Gasteiger partial charge in [-0.2, -0.15) is 5.26 Å². The molecule has 1 amide bonds. The van der Waals surface area contributed by atoms with Crippen LogP contribution in [0.15, 0.2) is 42.5 Å². The molecule has 1 fully saturated rings. The molecule has 3 rings (SSSR count). The Hall–Kier alpha value is -2.22. The molecule has 4 nitrogen and oxygen atoms in total. The second kappa shape index (κ2) is 8.86. The number of halogens is 2. The summed E-state index contributed by atoms with van der Waals surface area (Å²) in [6, 6.07) is 15.4. The molecule has 0 spiro atoms. The van der Waals surface area contributed by atoms with Crippen LogP contribution in [0, 0.1) is 11.3 Å². The van der Waals surface area contributed by atoms with E-state index >= 15 is 0 Å². The molecule has 2 aromatic rings. The summed E-state index contributed by atoms with van der Waals surface area (Å²) in [6.45, 7) is 5.40. The van der Waals surface area contributed by atoms with E-state index in [1.54, 1.807) is 12.1 Å². The predicted octanol–water partition coefficient (Wildman–Crippen LogP) is 5.27. The zero-order chi connectivity index (χ0) is 20.3. The number of carbonyl (C=O) groups is 1. The van der Waals surface area contributed by atoms with Gasteiger partial charge in [0.25, 0.3) is 0 Å². The highest BCUT2D eigenvalue weighted by Crippen LogP contribution is 2.31. The molecule has 146 valence electrons. The van der Waals surface area contributed by atoms with Crippen LogP contribution < -0.4 is 4.90 Å². The molecule has 1 unspecified atom stereocenters. The molecule has 0 N–H and O–H groups in total. The van der Waals surface area contributed by atoms with E-state index in [-0.39, 0.29) is 18.0 Å². The number of nitrogens with zero attached hydrogens (tertiary/aromatic N) is 3. The highest BCUT2D eigenvalue weighted by Gasteiger charge is 2.36. The fourth-order valence-corrected chi connectivity index (χ4v) is 3.99. The van der Waals surface area contributed by atoms with Crippen LogP contribution >= 0.6 is 23.2 Å². The second-order valence-corrected chi connectivity index (χ2v) is 7.97. The minimum atomic E-state index is 0.0155. The highest BCUT2D eigenvalue weighted by molar-refractivity contribution is 6.32. The van der Waals surface area contributed by atoms with Crippen LogP contribution in [0.25, 0.3) is 0 Å². The Morgan fingerprint density at radius 3 is 2.64 bits per heavy atom. The van der Waals surface area contributed by atoms with E-state index in [9.17, 15) is 10.1 Å². The van der Waals surface area contributed by atoms with Crippen LogP contribution in [0.5, 0.6) is 0 Å². The molecule has 0 aromatic heterocycles. The van der Waals surface area contributed by atoms with Gasteiger partial charge in [-0.05, 0) is 43.2 Å². The number of anilines is 1. The molecular formula is C22H23Cl2N3O. The lowest BCUT2D eigenvalue weighted by Gasteiger charge is -2.32. The van der Waals surface area contributed by atoms with E-state index < -0.39 is 0 Å². The normalized spacial score (nSPS) is 17.5. The van der Waals surface area contributed by atoms with Crippen LogP contribution in [-0.2, 0) is 11.3 Å². The summed E-state index contributed by atoms with van der Waals surface area (Å²) in [4.78, 5) is 16.7. The van der Waals surface area contributed by atoms with Crippen LogP contribution in [0.1, 0.15) is 37.8 Å². The third-order valence-corrected chi connectivity index (χ3v) is 6.09. The largest absolute Gasteiger partial charge is 0.362 e. The summed E-state index contributed by atoms with van der Waals surface area (Å²) in [5.74, 6) is 0.170. The van der Waals surface area contributed by atoms with Gasteiger partial charge >= 0.3 is 0 Å². The molecule has 1 saturated heterocycles. The van der Waals surface area contributed by atoms with E-state index in [0.29, 0.717) is 35.1 Å². The SMILES string of the molecule is CCC(C)N1C[C@@H](N(Cc2ccccc2Cl)c2ccc(C#N)c(Cl)c2)CC1=O. The third kappa shape index (κ3) is 4.27. The lowest BCUT2D eigenvalue weighted by Crippen LogP contribution is -2.39. The molecular weight excluding hydrogens is 393 g/mol. The number of amides is 1. The van der Waals surface area contributed by atoms with Gasteiger partial charge in [0.05, 0.1) is 16.6 Å². The van der Waals surface area contributed by atoms with Gasteiger partial charge in [0.1, 0.15) is 6.07 Å². The maximum Gasteiger partial charge on any atom is 0.225 e. The number of hydrogen-bond donors (Lipinski definition) is 0. The maximum atomic E-state index is 12.6. The monoisotopic (exact) mass is 415 g/mol. The van der Waals surface area contributed by atoms with Gasteiger partial charge in [-0.1, -0.05) is 48.3 Å². The van der Waals surface area contributed by atoms with Crippen LogP contribution in [0.2, 0.25) is 10.0 Å². The number of hydrogen-bond acceptors (Lipinski definition) is 3. The number of benzene rings is 2. The average Bonchev–Trinajstić information content (AvgIpc) is 3.08. The minimum Gasteiger partial charge on any atom is -0.362 e. The summed E-state index contributed by atoms with van der Waals surface area (Å²) in [7, 11) is 0. The second-order valence-electron chi connectivity index (χ2n) is 7.16. The Morgan fingerprint density at radius 1 is 1.25 bits per heavy atom. The zero-order valence-electron chi connectivity index (χ0n) is 16.0. The lowest BCUT2D eigenvalue weighted by molar-refractivity contribution is -0.129. The molecule has 2 aromatic carbocycles. The van der Waals surface area contributed by atoms with Gasteiger partial charge in [0, 0.05) is 36.3 Å². The number of nitriles is 1.